The lowest BCUT2D eigenvalue weighted by molar-refractivity contribution is -0.139. The summed E-state index contributed by atoms with van der Waals surface area (Å²) in [5.41, 5.74) is 1.75. The molecule has 1 heterocycles. The molecule has 0 saturated carbocycles. The van der Waals surface area contributed by atoms with E-state index in [2.05, 4.69) is 10.6 Å². The van der Waals surface area contributed by atoms with Crippen molar-refractivity contribution in [2.24, 2.45) is 12.5 Å². The van der Waals surface area contributed by atoms with Gasteiger partial charge >= 0.3 is 5.97 Å². The standard InChI is InChI=1S/C26H38N4O4/c1-16(25(33)34)13-17(2)30(8)24(32)22(26(3,4)5)28-23(31)20(27-6)14-18-15-29(7)21-12-10-9-11-19(18)21/h9-13,15,17,20,22,27H,14H2,1-8H3,(H,28,31)(H,33,34)/b16-13+/t17-,20?,22-/m1/s1. The summed E-state index contributed by atoms with van der Waals surface area (Å²) in [6, 6.07) is 6.29. The van der Waals surface area contributed by atoms with Gasteiger partial charge in [-0.2, -0.15) is 0 Å². The van der Waals surface area contributed by atoms with Gasteiger partial charge in [0, 0.05) is 42.8 Å². The number of nitrogens with one attached hydrogen (secondary N) is 2. The molecule has 186 valence electrons. The quantitative estimate of drug-likeness (QED) is 0.489. The lowest BCUT2D eigenvalue weighted by atomic mass is 9.85. The van der Waals surface area contributed by atoms with E-state index in [1.165, 1.54) is 17.9 Å². The van der Waals surface area contributed by atoms with Crippen molar-refractivity contribution in [3.8, 4) is 0 Å². The van der Waals surface area contributed by atoms with E-state index in [0.717, 1.165) is 16.5 Å². The number of fused-ring (bicyclic) bond motifs is 1. The molecule has 3 atom stereocenters. The molecule has 8 nitrogen and oxygen atoms in total. The Labute approximate surface area is 202 Å². The van der Waals surface area contributed by atoms with E-state index in [4.69, 9.17) is 5.11 Å². The van der Waals surface area contributed by atoms with Crippen LogP contribution in [-0.2, 0) is 27.9 Å². The number of aryl methyl sites for hydroxylation is 1. The minimum atomic E-state index is -1.03. The maximum atomic E-state index is 13.4. The van der Waals surface area contributed by atoms with Crippen molar-refractivity contribution in [2.45, 2.75) is 59.2 Å². The Kier molecular flexibility index (Phi) is 8.66. The number of amides is 2. The number of aromatic nitrogens is 1. The number of hydrogen-bond acceptors (Lipinski definition) is 4. The van der Waals surface area contributed by atoms with Gasteiger partial charge < -0.3 is 25.2 Å². The van der Waals surface area contributed by atoms with Crippen molar-refractivity contribution >= 4 is 28.7 Å². The Hall–Kier alpha value is -3.13. The van der Waals surface area contributed by atoms with Crippen LogP contribution in [0.25, 0.3) is 10.9 Å². The minimum absolute atomic E-state index is 0.161. The summed E-state index contributed by atoms with van der Waals surface area (Å²) in [5.74, 6) is -1.57. The van der Waals surface area contributed by atoms with Crippen LogP contribution in [0.5, 0.6) is 0 Å². The second-order valence-corrected chi connectivity index (χ2v) is 9.98. The molecule has 2 amide bonds. The zero-order valence-corrected chi connectivity index (χ0v) is 21.5. The second-order valence-electron chi connectivity index (χ2n) is 9.98. The van der Waals surface area contributed by atoms with E-state index in [1.54, 1.807) is 21.0 Å². The van der Waals surface area contributed by atoms with Crippen molar-refractivity contribution in [1.29, 1.82) is 0 Å². The molecule has 1 aromatic carbocycles. The first-order valence-corrected chi connectivity index (χ1v) is 11.5. The highest BCUT2D eigenvalue weighted by atomic mass is 16.4. The fourth-order valence-electron chi connectivity index (χ4n) is 3.97. The highest BCUT2D eigenvalue weighted by Crippen LogP contribution is 2.24. The number of carbonyl (C=O) groups excluding carboxylic acids is 2. The lowest BCUT2D eigenvalue weighted by Gasteiger charge is -2.36. The number of carboxylic acid groups (broad SMARTS) is 1. The third kappa shape index (κ3) is 6.26. The molecule has 0 saturated heterocycles. The summed E-state index contributed by atoms with van der Waals surface area (Å²) in [4.78, 5) is 39.3. The zero-order valence-electron chi connectivity index (χ0n) is 21.5. The van der Waals surface area contributed by atoms with Crippen LogP contribution in [0.2, 0.25) is 0 Å². The Bertz CT molecular complexity index is 1080. The van der Waals surface area contributed by atoms with E-state index in [0.29, 0.717) is 6.42 Å². The lowest BCUT2D eigenvalue weighted by Crippen LogP contribution is -2.58. The van der Waals surface area contributed by atoms with Gasteiger partial charge in [0.25, 0.3) is 0 Å². The van der Waals surface area contributed by atoms with Gasteiger partial charge in [-0.3, -0.25) is 9.59 Å². The van der Waals surface area contributed by atoms with Crippen molar-refractivity contribution in [1.82, 2.24) is 20.1 Å². The second kappa shape index (κ2) is 10.9. The summed E-state index contributed by atoms with van der Waals surface area (Å²) in [5, 5.41) is 16.3. The first kappa shape index (κ1) is 27.1. The molecule has 0 spiro atoms. The highest BCUT2D eigenvalue weighted by Gasteiger charge is 2.37. The molecule has 0 bridgehead atoms. The SMILES string of the molecule is CNC(Cc1cn(C)c2ccccc12)C(=O)N[C@H](C(=O)N(C)[C@H](C)/C=C(\C)C(=O)O)C(C)(C)C. The van der Waals surface area contributed by atoms with E-state index in [9.17, 15) is 14.4 Å². The van der Waals surface area contributed by atoms with Gasteiger partial charge in [0.05, 0.1) is 6.04 Å². The summed E-state index contributed by atoms with van der Waals surface area (Å²) in [6.45, 7) is 8.93. The Balaban J connectivity index is 2.24. The van der Waals surface area contributed by atoms with Gasteiger partial charge in [0.15, 0.2) is 0 Å². The number of likely N-dealkylation sites (N-methyl/N-ethyl adjacent to an activating group) is 2. The Morgan fingerprint density at radius 1 is 1.21 bits per heavy atom. The van der Waals surface area contributed by atoms with Crippen molar-refractivity contribution in [3.63, 3.8) is 0 Å². The molecular weight excluding hydrogens is 432 g/mol. The predicted molar refractivity (Wildman–Crippen MR) is 134 cm³/mol. The number of carbonyl (C=O) groups is 3. The first-order valence-electron chi connectivity index (χ1n) is 11.5. The van der Waals surface area contributed by atoms with Crippen LogP contribution >= 0.6 is 0 Å². The van der Waals surface area contributed by atoms with Crippen molar-refractivity contribution in [3.05, 3.63) is 47.7 Å². The number of aliphatic carboxylic acids is 1. The van der Waals surface area contributed by atoms with Crippen molar-refractivity contribution < 1.29 is 19.5 Å². The fraction of sp³-hybridized carbons (Fsp3) is 0.500. The number of para-hydroxylation sites is 1. The molecule has 8 heteroatoms. The number of nitrogens with zero attached hydrogens (tertiary/aromatic N) is 2. The van der Waals surface area contributed by atoms with Crippen LogP contribution in [0.4, 0.5) is 0 Å². The van der Waals surface area contributed by atoms with Crippen LogP contribution in [0.15, 0.2) is 42.1 Å². The summed E-state index contributed by atoms with van der Waals surface area (Å²) < 4.78 is 2.04. The number of benzene rings is 1. The van der Waals surface area contributed by atoms with Crippen LogP contribution in [0.1, 0.15) is 40.2 Å². The molecule has 1 aromatic heterocycles. The minimum Gasteiger partial charge on any atom is -0.478 e. The molecule has 3 N–H and O–H groups in total. The van der Waals surface area contributed by atoms with Crippen LogP contribution in [0, 0.1) is 5.41 Å². The average Bonchev–Trinajstić information content (AvgIpc) is 3.09. The monoisotopic (exact) mass is 470 g/mol. The highest BCUT2D eigenvalue weighted by molar-refractivity contribution is 5.92. The summed E-state index contributed by atoms with van der Waals surface area (Å²) >= 11 is 0. The van der Waals surface area contributed by atoms with Gasteiger partial charge in [-0.15, -0.1) is 0 Å². The van der Waals surface area contributed by atoms with Gasteiger partial charge in [-0.05, 0) is 44.4 Å². The smallest absolute Gasteiger partial charge is 0.331 e. The van der Waals surface area contributed by atoms with Crippen molar-refractivity contribution in [2.75, 3.05) is 14.1 Å². The molecule has 0 aliphatic heterocycles. The van der Waals surface area contributed by atoms with E-state index >= 15 is 0 Å². The number of carboxylic acids is 1. The normalized spacial score (nSPS) is 15.0. The molecule has 0 fully saturated rings. The molecule has 0 aliphatic carbocycles. The van der Waals surface area contributed by atoms with E-state index in [-0.39, 0.29) is 17.4 Å². The molecule has 0 radical (unpaired) electrons. The van der Waals surface area contributed by atoms with Gasteiger partial charge in [0.1, 0.15) is 6.04 Å². The Morgan fingerprint density at radius 3 is 2.38 bits per heavy atom. The first-order chi connectivity index (χ1) is 15.8. The molecule has 1 unspecified atom stereocenters. The maximum absolute atomic E-state index is 13.4. The molecule has 2 aromatic rings. The summed E-state index contributed by atoms with van der Waals surface area (Å²) in [7, 11) is 5.33. The number of rotatable bonds is 9. The largest absolute Gasteiger partial charge is 0.478 e. The topological polar surface area (TPSA) is 104 Å². The van der Waals surface area contributed by atoms with Gasteiger partial charge in [-0.1, -0.05) is 45.0 Å². The molecule has 34 heavy (non-hydrogen) atoms. The molecule has 2 rings (SSSR count). The predicted octanol–water partition coefficient (Wildman–Crippen LogP) is 2.72. The van der Waals surface area contributed by atoms with Crippen LogP contribution in [-0.4, -0.2) is 64.6 Å². The summed E-state index contributed by atoms with van der Waals surface area (Å²) in [6.07, 6.45) is 4.03. The van der Waals surface area contributed by atoms with Crippen LogP contribution < -0.4 is 10.6 Å². The average molecular weight is 471 g/mol. The molecule has 0 aliphatic rings. The van der Waals surface area contributed by atoms with E-state index in [1.807, 2.05) is 62.8 Å². The fourth-order valence-corrected chi connectivity index (χ4v) is 3.97. The number of hydrogen-bond donors (Lipinski definition) is 3. The van der Waals surface area contributed by atoms with Gasteiger partial charge in [-0.25, -0.2) is 4.79 Å². The maximum Gasteiger partial charge on any atom is 0.331 e. The third-order valence-electron chi connectivity index (χ3n) is 6.26. The van der Waals surface area contributed by atoms with Crippen LogP contribution in [0.3, 0.4) is 0 Å². The van der Waals surface area contributed by atoms with Gasteiger partial charge in [0.2, 0.25) is 11.8 Å². The third-order valence-corrected chi connectivity index (χ3v) is 6.26. The zero-order chi connectivity index (χ0) is 25.8. The molecular formula is C26H38N4O4. The Morgan fingerprint density at radius 2 is 1.82 bits per heavy atom. The van der Waals surface area contributed by atoms with E-state index < -0.39 is 29.5 Å².